The van der Waals surface area contributed by atoms with E-state index in [4.69, 9.17) is 18.9 Å². The second kappa shape index (κ2) is 8.48. The summed E-state index contributed by atoms with van der Waals surface area (Å²) in [4.78, 5) is 24.3. The summed E-state index contributed by atoms with van der Waals surface area (Å²) in [5, 5.41) is 0. The molecule has 132 valence electrons. The minimum Gasteiger partial charge on any atom is -1.00 e. The van der Waals surface area contributed by atoms with Gasteiger partial charge in [-0.15, -0.1) is 0 Å². The third kappa shape index (κ3) is 4.27. The van der Waals surface area contributed by atoms with Gasteiger partial charge in [0.05, 0.1) is 7.11 Å². The zero-order valence-corrected chi connectivity index (χ0v) is 15.0. The largest absolute Gasteiger partial charge is 1.00 e. The number of nitrogens with zero attached hydrogens (tertiary/aromatic N) is 1. The van der Waals surface area contributed by atoms with Crippen molar-refractivity contribution in [1.82, 2.24) is 0 Å². The van der Waals surface area contributed by atoms with Crippen molar-refractivity contribution in [2.24, 2.45) is 0 Å². The zero-order valence-electron chi connectivity index (χ0n) is 13.4. The van der Waals surface area contributed by atoms with Crippen LogP contribution in [0.1, 0.15) is 11.6 Å². The van der Waals surface area contributed by atoms with Crippen LogP contribution in [0.15, 0.2) is 48.8 Å². The standard InChI is InChI=1S/C17H16NO6.BrH/c1-21-16(19)15(18-7-3-2-4-8-18)17(20)22-10-12-5-6-13-14(9-12)24-11-23-13;/h2-9,15H,10-11H2,1H3;1H/q+1;/p-1. The Balaban J connectivity index is 0.00000225. The average molecular weight is 410 g/mol. The van der Waals surface area contributed by atoms with Crippen LogP contribution in [0.5, 0.6) is 11.5 Å². The van der Waals surface area contributed by atoms with Gasteiger partial charge < -0.3 is 35.9 Å². The number of benzene rings is 1. The lowest BCUT2D eigenvalue weighted by Crippen LogP contribution is -3.00. The van der Waals surface area contributed by atoms with E-state index < -0.39 is 18.0 Å². The summed E-state index contributed by atoms with van der Waals surface area (Å²) in [7, 11) is 1.23. The third-order valence-electron chi connectivity index (χ3n) is 3.50. The molecule has 2 aromatic rings. The van der Waals surface area contributed by atoms with Crippen LogP contribution in [-0.2, 0) is 25.7 Å². The van der Waals surface area contributed by atoms with E-state index in [2.05, 4.69) is 0 Å². The van der Waals surface area contributed by atoms with Crippen molar-refractivity contribution in [3.8, 4) is 11.5 Å². The molecule has 0 spiro atoms. The Labute approximate surface area is 154 Å². The van der Waals surface area contributed by atoms with Crippen LogP contribution >= 0.6 is 0 Å². The van der Waals surface area contributed by atoms with Crippen molar-refractivity contribution in [3.63, 3.8) is 0 Å². The molecule has 1 aromatic carbocycles. The monoisotopic (exact) mass is 409 g/mol. The van der Waals surface area contributed by atoms with E-state index in [-0.39, 0.29) is 30.4 Å². The molecule has 8 heteroatoms. The fourth-order valence-electron chi connectivity index (χ4n) is 2.30. The van der Waals surface area contributed by atoms with E-state index in [0.717, 1.165) is 5.56 Å². The van der Waals surface area contributed by atoms with E-state index >= 15 is 0 Å². The summed E-state index contributed by atoms with van der Waals surface area (Å²) in [5.74, 6) is -0.138. The van der Waals surface area contributed by atoms with Crippen LogP contribution in [0.25, 0.3) is 0 Å². The maximum Gasteiger partial charge on any atom is 0.388 e. The Morgan fingerprint density at radius 1 is 1.12 bits per heavy atom. The molecule has 0 amide bonds. The van der Waals surface area contributed by atoms with Crippen molar-refractivity contribution in [2.45, 2.75) is 12.6 Å². The van der Waals surface area contributed by atoms with Crippen molar-refractivity contribution < 1.29 is 50.1 Å². The van der Waals surface area contributed by atoms with Crippen molar-refractivity contribution >= 4 is 11.9 Å². The van der Waals surface area contributed by atoms with Gasteiger partial charge in [-0.05, 0) is 17.7 Å². The topological polar surface area (TPSA) is 74.9 Å². The number of esters is 2. The summed E-state index contributed by atoms with van der Waals surface area (Å²) in [5.41, 5.74) is 0.731. The molecule has 1 aliphatic rings. The second-order valence-corrected chi connectivity index (χ2v) is 5.04. The van der Waals surface area contributed by atoms with Crippen LogP contribution in [-0.4, -0.2) is 25.8 Å². The predicted molar refractivity (Wildman–Crippen MR) is 80.1 cm³/mol. The van der Waals surface area contributed by atoms with Crippen LogP contribution in [0.2, 0.25) is 0 Å². The maximum absolute atomic E-state index is 12.4. The average Bonchev–Trinajstić information content (AvgIpc) is 3.08. The van der Waals surface area contributed by atoms with Gasteiger partial charge in [-0.25, -0.2) is 9.59 Å². The molecule has 0 radical (unpaired) electrons. The predicted octanol–water partition coefficient (Wildman–Crippen LogP) is -1.84. The van der Waals surface area contributed by atoms with Gasteiger partial charge in [0.25, 0.3) is 0 Å². The molecule has 1 unspecified atom stereocenters. The van der Waals surface area contributed by atoms with E-state index in [0.29, 0.717) is 11.5 Å². The van der Waals surface area contributed by atoms with Gasteiger partial charge in [0.15, 0.2) is 23.9 Å². The molecule has 0 saturated carbocycles. The van der Waals surface area contributed by atoms with Crippen LogP contribution in [0, 0.1) is 0 Å². The number of ether oxygens (including phenoxy) is 4. The Bertz CT molecular complexity index is 752. The Morgan fingerprint density at radius 3 is 2.56 bits per heavy atom. The minimum absolute atomic E-state index is 0. The minimum atomic E-state index is -1.19. The molecular weight excluding hydrogens is 394 g/mol. The number of methoxy groups -OCH3 is 1. The molecule has 25 heavy (non-hydrogen) atoms. The highest BCUT2D eigenvalue weighted by atomic mass is 79.9. The van der Waals surface area contributed by atoms with Crippen molar-refractivity contribution in [1.29, 1.82) is 0 Å². The maximum atomic E-state index is 12.4. The normalized spacial score (nSPS) is 12.7. The molecule has 0 bridgehead atoms. The van der Waals surface area contributed by atoms with Gasteiger partial charge in [-0.3, -0.25) is 0 Å². The SMILES string of the molecule is COC(=O)C(C(=O)OCc1ccc2c(c1)OCO2)[n+]1ccccc1.[Br-]. The number of pyridine rings is 1. The number of rotatable bonds is 5. The lowest BCUT2D eigenvalue weighted by Gasteiger charge is -2.10. The summed E-state index contributed by atoms with van der Waals surface area (Å²) < 4.78 is 21.9. The van der Waals surface area contributed by atoms with Crippen LogP contribution < -0.4 is 31.0 Å². The Hall–Kier alpha value is -2.61. The van der Waals surface area contributed by atoms with Gasteiger partial charge >= 0.3 is 18.0 Å². The fourth-order valence-corrected chi connectivity index (χ4v) is 2.30. The molecule has 7 nitrogen and oxygen atoms in total. The Kier molecular flexibility index (Phi) is 6.35. The third-order valence-corrected chi connectivity index (χ3v) is 3.50. The van der Waals surface area contributed by atoms with Crippen molar-refractivity contribution in [2.75, 3.05) is 13.9 Å². The number of fused-ring (bicyclic) bond motifs is 1. The smallest absolute Gasteiger partial charge is 0.388 e. The first kappa shape index (κ1) is 18.7. The molecule has 1 aliphatic heterocycles. The van der Waals surface area contributed by atoms with Gasteiger partial charge in [-0.2, -0.15) is 4.57 Å². The van der Waals surface area contributed by atoms with E-state index in [1.54, 1.807) is 48.8 Å². The van der Waals surface area contributed by atoms with Gasteiger partial charge in [0, 0.05) is 12.1 Å². The molecule has 0 saturated heterocycles. The number of aromatic nitrogens is 1. The lowest BCUT2D eigenvalue weighted by molar-refractivity contribution is -0.699. The molecule has 1 atom stereocenters. The summed E-state index contributed by atoms with van der Waals surface area (Å²) in [6.45, 7) is 0.185. The molecule has 1 aromatic heterocycles. The number of hydrogen-bond acceptors (Lipinski definition) is 6. The number of hydrogen-bond donors (Lipinski definition) is 0. The first-order valence-electron chi connectivity index (χ1n) is 7.28. The zero-order chi connectivity index (χ0) is 16.9. The number of carbonyl (C=O) groups excluding carboxylic acids is 2. The highest BCUT2D eigenvalue weighted by Crippen LogP contribution is 2.32. The molecule has 2 heterocycles. The second-order valence-electron chi connectivity index (χ2n) is 5.04. The summed E-state index contributed by atoms with van der Waals surface area (Å²) in [6, 6.07) is 9.26. The van der Waals surface area contributed by atoms with Crippen LogP contribution in [0.3, 0.4) is 0 Å². The van der Waals surface area contributed by atoms with Gasteiger partial charge in [0.1, 0.15) is 6.61 Å². The highest BCUT2D eigenvalue weighted by Gasteiger charge is 2.38. The van der Waals surface area contributed by atoms with Gasteiger partial charge in [0.2, 0.25) is 6.79 Å². The first-order valence-corrected chi connectivity index (χ1v) is 7.28. The Morgan fingerprint density at radius 2 is 1.84 bits per heavy atom. The molecular formula is C17H16BrNO6. The summed E-state index contributed by atoms with van der Waals surface area (Å²) in [6.07, 6.45) is 3.20. The first-order chi connectivity index (χ1) is 11.7. The quantitative estimate of drug-likeness (QED) is 0.328. The molecule has 0 aliphatic carbocycles. The van der Waals surface area contributed by atoms with Crippen molar-refractivity contribution in [3.05, 3.63) is 54.4 Å². The highest BCUT2D eigenvalue weighted by molar-refractivity contribution is 5.95. The van der Waals surface area contributed by atoms with Gasteiger partial charge in [-0.1, -0.05) is 12.1 Å². The molecule has 0 fully saturated rings. The van der Waals surface area contributed by atoms with E-state index in [1.165, 1.54) is 11.7 Å². The molecule has 0 N–H and O–H groups in total. The summed E-state index contributed by atoms with van der Waals surface area (Å²) >= 11 is 0. The molecule has 3 rings (SSSR count). The number of halogens is 1. The number of carbonyl (C=O) groups is 2. The lowest BCUT2D eigenvalue weighted by atomic mass is 10.2. The van der Waals surface area contributed by atoms with E-state index in [1.807, 2.05) is 0 Å². The fraction of sp³-hybridized carbons (Fsp3) is 0.235. The van der Waals surface area contributed by atoms with Crippen LogP contribution in [0.4, 0.5) is 0 Å². The van der Waals surface area contributed by atoms with E-state index in [9.17, 15) is 9.59 Å².